The van der Waals surface area contributed by atoms with Crippen LogP contribution in [0.4, 0.5) is 0 Å². The van der Waals surface area contributed by atoms with Crippen LogP contribution in [0, 0.1) is 0 Å². The van der Waals surface area contributed by atoms with E-state index >= 15 is 0 Å². The van der Waals surface area contributed by atoms with Crippen molar-refractivity contribution in [2.75, 3.05) is 31.7 Å². The van der Waals surface area contributed by atoms with Crippen LogP contribution in [-0.2, 0) is 27.8 Å². The summed E-state index contributed by atoms with van der Waals surface area (Å²) in [5.41, 5.74) is 5.84. The van der Waals surface area contributed by atoms with Gasteiger partial charge in [0.2, 0.25) is 0 Å². The number of hydrogen-bond acceptors (Lipinski definition) is 6. The molecule has 0 aliphatic carbocycles. The van der Waals surface area contributed by atoms with E-state index < -0.39 is 15.8 Å². The molecule has 0 bridgehead atoms. The summed E-state index contributed by atoms with van der Waals surface area (Å²) in [6.07, 6.45) is 8.86. The Morgan fingerprint density at radius 3 is 2.21 bits per heavy atom. The van der Waals surface area contributed by atoms with Gasteiger partial charge in [-0.05, 0) is 71.9 Å². The molecule has 3 aromatic rings. The number of carbonyl (C=O) groups is 1. The minimum Gasteiger partial charge on any atom is -0.494 e. The Bertz CT molecular complexity index is 1490. The monoisotopic (exact) mass is 603 g/mol. The van der Waals surface area contributed by atoms with Crippen molar-refractivity contribution in [2.45, 2.75) is 45.3 Å². The van der Waals surface area contributed by atoms with Crippen molar-refractivity contribution >= 4 is 21.4 Å². The highest BCUT2D eigenvalue weighted by Gasteiger charge is 2.14. The number of nitrogens with zero attached hydrogens (tertiary/aromatic N) is 1. The maximum Gasteiger partial charge on any atom is 0.304 e. The molecule has 0 aromatic heterocycles. The molecule has 0 radical (unpaired) electrons. The molecule has 7 nitrogen and oxygen atoms in total. The van der Waals surface area contributed by atoms with Gasteiger partial charge in [0.25, 0.3) is 0 Å². The molecule has 0 unspecified atom stereocenters. The van der Waals surface area contributed by atoms with Gasteiger partial charge in [0.1, 0.15) is 27.9 Å². The molecule has 4 rings (SSSR count). The zero-order valence-corrected chi connectivity index (χ0v) is 25.8. The summed E-state index contributed by atoms with van der Waals surface area (Å²) in [6.45, 7) is 5.51. The largest absolute Gasteiger partial charge is 0.494 e. The summed E-state index contributed by atoms with van der Waals surface area (Å²) >= 11 is 0. The summed E-state index contributed by atoms with van der Waals surface area (Å²) in [4.78, 5) is 13.6. The van der Waals surface area contributed by atoms with E-state index in [0.717, 1.165) is 48.7 Å². The van der Waals surface area contributed by atoms with Crippen molar-refractivity contribution in [1.82, 2.24) is 4.90 Å². The molecule has 3 aromatic carbocycles. The van der Waals surface area contributed by atoms with Crippen LogP contribution in [0.2, 0.25) is 0 Å². The zero-order valence-electron chi connectivity index (χ0n) is 24.9. The van der Waals surface area contributed by atoms with Crippen molar-refractivity contribution in [3.63, 3.8) is 0 Å². The molecule has 228 valence electrons. The van der Waals surface area contributed by atoms with Gasteiger partial charge >= 0.3 is 5.97 Å². The van der Waals surface area contributed by atoms with Crippen molar-refractivity contribution in [1.29, 1.82) is 0 Å². The number of carboxylic acid groups (broad SMARTS) is 1. The van der Waals surface area contributed by atoms with E-state index in [0.29, 0.717) is 19.6 Å². The average Bonchev–Trinajstić information content (AvgIpc) is 2.99. The van der Waals surface area contributed by atoms with E-state index in [1.54, 1.807) is 0 Å². The standard InChI is InChI=1S/C35H41NO6S/c1-3-5-32(24-35(37)38)30-12-16-34(17-13-30)42-26-28-8-6-27(7-9-28)25-36-20-18-31(19-21-36)29-10-14-33(15-11-29)41-22-4-23-43(2,39)40/h3,5-18,32H,4,19-26H2,1-2H3,(H,37,38)/t32-/m1/s1. The number of aliphatic carboxylic acids is 1. The van der Waals surface area contributed by atoms with Crippen molar-refractivity contribution < 1.29 is 27.8 Å². The predicted molar refractivity (Wildman–Crippen MR) is 171 cm³/mol. The Hall–Kier alpha value is -3.88. The van der Waals surface area contributed by atoms with Crippen LogP contribution in [0.25, 0.3) is 5.57 Å². The van der Waals surface area contributed by atoms with Crippen LogP contribution in [0.5, 0.6) is 11.5 Å². The van der Waals surface area contributed by atoms with E-state index in [4.69, 9.17) is 9.47 Å². The molecule has 0 spiro atoms. The second-order valence-corrected chi connectivity index (χ2v) is 13.2. The Labute approximate surface area is 255 Å². The van der Waals surface area contributed by atoms with E-state index in [2.05, 4.69) is 47.4 Å². The van der Waals surface area contributed by atoms with Crippen LogP contribution >= 0.6 is 0 Å². The van der Waals surface area contributed by atoms with Crippen molar-refractivity contribution in [3.8, 4) is 11.5 Å². The Morgan fingerprint density at radius 2 is 1.60 bits per heavy atom. The third-order valence-electron chi connectivity index (χ3n) is 7.41. The van der Waals surface area contributed by atoms with Gasteiger partial charge in [-0.15, -0.1) is 0 Å². The molecule has 1 aliphatic heterocycles. The highest BCUT2D eigenvalue weighted by Crippen LogP contribution is 2.26. The summed E-state index contributed by atoms with van der Waals surface area (Å²) in [7, 11) is -2.96. The topological polar surface area (TPSA) is 93.1 Å². The Kier molecular flexibility index (Phi) is 11.6. The molecule has 0 amide bonds. The maximum atomic E-state index is 11.2. The zero-order chi connectivity index (χ0) is 30.7. The molecule has 43 heavy (non-hydrogen) atoms. The Balaban J connectivity index is 1.21. The normalized spacial score (nSPS) is 14.8. The van der Waals surface area contributed by atoms with E-state index in [1.165, 1.54) is 23.0 Å². The van der Waals surface area contributed by atoms with Gasteiger partial charge in [0.05, 0.1) is 18.8 Å². The van der Waals surface area contributed by atoms with Gasteiger partial charge in [-0.25, -0.2) is 8.42 Å². The third kappa shape index (κ3) is 10.7. The molecule has 0 fully saturated rings. The molecule has 0 saturated carbocycles. The number of benzene rings is 3. The van der Waals surface area contributed by atoms with E-state index in [9.17, 15) is 18.3 Å². The maximum absolute atomic E-state index is 11.2. The number of carboxylic acids is 1. The van der Waals surface area contributed by atoms with Gasteiger partial charge in [-0.3, -0.25) is 9.69 Å². The summed E-state index contributed by atoms with van der Waals surface area (Å²) in [5.74, 6) is 0.688. The van der Waals surface area contributed by atoms with E-state index in [-0.39, 0.29) is 18.1 Å². The first kappa shape index (κ1) is 32.0. The van der Waals surface area contributed by atoms with Gasteiger partial charge < -0.3 is 14.6 Å². The lowest BCUT2D eigenvalue weighted by Crippen LogP contribution is -2.28. The van der Waals surface area contributed by atoms with Gasteiger partial charge in [0.15, 0.2) is 0 Å². The predicted octanol–water partition coefficient (Wildman–Crippen LogP) is 6.50. The molecule has 8 heteroatoms. The SMILES string of the molecule is CC=C[C@H](CC(=O)O)c1ccc(OCc2ccc(CN3CC=C(c4ccc(OCCCS(C)(=O)=O)cc4)CC3)cc2)cc1. The number of ether oxygens (including phenoxy) is 2. The number of allylic oxidation sites excluding steroid dienone is 2. The van der Waals surface area contributed by atoms with E-state index in [1.807, 2.05) is 55.5 Å². The van der Waals surface area contributed by atoms with Crippen molar-refractivity contribution in [3.05, 3.63) is 113 Å². The van der Waals surface area contributed by atoms with Crippen LogP contribution in [0.3, 0.4) is 0 Å². The van der Waals surface area contributed by atoms with Crippen LogP contribution in [0.1, 0.15) is 54.4 Å². The fourth-order valence-corrected chi connectivity index (χ4v) is 5.73. The molecular formula is C35H41NO6S. The quantitative estimate of drug-likeness (QED) is 0.157. The molecule has 1 heterocycles. The lowest BCUT2D eigenvalue weighted by molar-refractivity contribution is -0.137. The first-order valence-corrected chi connectivity index (χ1v) is 16.7. The summed E-state index contributed by atoms with van der Waals surface area (Å²) < 4.78 is 34.1. The third-order valence-corrected chi connectivity index (χ3v) is 8.44. The fourth-order valence-electron chi connectivity index (χ4n) is 5.09. The van der Waals surface area contributed by atoms with Crippen LogP contribution in [-0.4, -0.2) is 56.1 Å². The minimum atomic E-state index is -2.96. The molecular weight excluding hydrogens is 562 g/mol. The number of rotatable bonds is 15. The molecule has 1 aliphatic rings. The first-order chi connectivity index (χ1) is 20.7. The fraction of sp³-hybridized carbons (Fsp3) is 0.343. The highest BCUT2D eigenvalue weighted by molar-refractivity contribution is 7.90. The summed E-state index contributed by atoms with van der Waals surface area (Å²) in [6, 6.07) is 24.2. The Morgan fingerprint density at radius 1 is 0.953 bits per heavy atom. The van der Waals surface area contributed by atoms with Gasteiger partial charge in [0, 0.05) is 31.8 Å². The second-order valence-electron chi connectivity index (χ2n) is 11.0. The molecule has 1 atom stereocenters. The van der Waals surface area contributed by atoms with Crippen molar-refractivity contribution in [2.24, 2.45) is 0 Å². The van der Waals surface area contributed by atoms with Crippen LogP contribution in [0.15, 0.2) is 91.0 Å². The molecule has 1 N–H and O–H groups in total. The minimum absolute atomic E-state index is 0.0639. The lowest BCUT2D eigenvalue weighted by atomic mass is 9.95. The van der Waals surface area contributed by atoms with Gasteiger partial charge in [-0.2, -0.15) is 0 Å². The lowest BCUT2D eigenvalue weighted by Gasteiger charge is -2.26. The second kappa shape index (κ2) is 15.5. The number of hydrogen-bond donors (Lipinski definition) is 1. The number of sulfone groups is 1. The van der Waals surface area contributed by atoms with Gasteiger partial charge in [-0.1, -0.05) is 66.8 Å². The van der Waals surface area contributed by atoms with Crippen LogP contribution < -0.4 is 9.47 Å². The highest BCUT2D eigenvalue weighted by atomic mass is 32.2. The smallest absolute Gasteiger partial charge is 0.304 e. The molecule has 0 saturated heterocycles. The average molecular weight is 604 g/mol. The summed E-state index contributed by atoms with van der Waals surface area (Å²) in [5, 5.41) is 9.17. The first-order valence-electron chi connectivity index (χ1n) is 14.7.